The number of likely N-dealkylation sites (tertiary alicyclic amines) is 1. The summed E-state index contributed by atoms with van der Waals surface area (Å²) in [5.74, 6) is 0.395. The van der Waals surface area contributed by atoms with Crippen molar-refractivity contribution in [2.45, 2.75) is 25.6 Å². The molecule has 5 nitrogen and oxygen atoms in total. The molecule has 0 aromatic carbocycles. The summed E-state index contributed by atoms with van der Waals surface area (Å²) < 4.78 is 11.0. The molecule has 1 N–H and O–H groups in total. The standard InChI is InChI=1S/C12H22N2O3/c1-3-17-11-8-14(7-10(11)16-2)12(15)9-4-5-13-6-9/h9-11,13H,3-8H2,1-2H3/t9-,10+,11-/m1/s1. The van der Waals surface area contributed by atoms with E-state index in [-0.39, 0.29) is 24.0 Å². The first-order valence-corrected chi connectivity index (χ1v) is 6.40. The maximum absolute atomic E-state index is 12.2. The molecule has 2 heterocycles. The summed E-state index contributed by atoms with van der Waals surface area (Å²) >= 11 is 0. The second-order valence-corrected chi connectivity index (χ2v) is 4.70. The molecule has 1 amide bonds. The van der Waals surface area contributed by atoms with Crippen molar-refractivity contribution >= 4 is 5.91 Å². The summed E-state index contributed by atoms with van der Waals surface area (Å²) in [7, 11) is 1.68. The third-order valence-corrected chi connectivity index (χ3v) is 3.62. The highest BCUT2D eigenvalue weighted by molar-refractivity contribution is 5.79. The predicted molar refractivity (Wildman–Crippen MR) is 63.8 cm³/mol. The number of ether oxygens (including phenoxy) is 2. The quantitative estimate of drug-likeness (QED) is 0.745. The Bertz CT molecular complexity index is 266. The Labute approximate surface area is 102 Å². The van der Waals surface area contributed by atoms with Gasteiger partial charge in [0, 0.05) is 33.4 Å². The van der Waals surface area contributed by atoms with Gasteiger partial charge in [-0.15, -0.1) is 0 Å². The molecule has 2 fully saturated rings. The number of nitrogens with zero attached hydrogens (tertiary/aromatic N) is 1. The Kier molecular flexibility index (Phi) is 4.36. The molecule has 0 radical (unpaired) electrons. The van der Waals surface area contributed by atoms with Crippen molar-refractivity contribution in [2.24, 2.45) is 5.92 Å². The van der Waals surface area contributed by atoms with Crippen LogP contribution in [0, 0.1) is 5.92 Å². The molecule has 0 saturated carbocycles. The molecule has 2 aliphatic rings. The van der Waals surface area contributed by atoms with E-state index in [9.17, 15) is 4.79 Å². The minimum absolute atomic E-state index is 0.0215. The lowest BCUT2D eigenvalue weighted by Crippen LogP contribution is -2.36. The minimum Gasteiger partial charge on any atom is -0.377 e. The van der Waals surface area contributed by atoms with E-state index in [2.05, 4.69) is 5.32 Å². The Morgan fingerprint density at radius 2 is 2.18 bits per heavy atom. The second kappa shape index (κ2) is 5.80. The fourth-order valence-electron chi connectivity index (χ4n) is 2.65. The van der Waals surface area contributed by atoms with E-state index in [0.29, 0.717) is 19.7 Å². The summed E-state index contributed by atoms with van der Waals surface area (Å²) in [6.45, 7) is 5.73. The zero-order valence-electron chi connectivity index (χ0n) is 10.6. The largest absolute Gasteiger partial charge is 0.377 e. The molecule has 17 heavy (non-hydrogen) atoms. The van der Waals surface area contributed by atoms with Gasteiger partial charge >= 0.3 is 0 Å². The predicted octanol–water partition coefficient (Wildman–Crippen LogP) is -0.142. The van der Waals surface area contributed by atoms with Gasteiger partial charge in [-0.05, 0) is 19.9 Å². The van der Waals surface area contributed by atoms with Gasteiger partial charge in [0.15, 0.2) is 0 Å². The number of methoxy groups -OCH3 is 1. The number of nitrogens with one attached hydrogen (secondary N) is 1. The van der Waals surface area contributed by atoms with E-state index in [1.54, 1.807) is 7.11 Å². The molecular formula is C12H22N2O3. The van der Waals surface area contributed by atoms with Crippen molar-refractivity contribution < 1.29 is 14.3 Å². The Hall–Kier alpha value is -0.650. The first-order valence-electron chi connectivity index (χ1n) is 6.40. The average Bonchev–Trinajstić information content (AvgIpc) is 2.97. The molecular weight excluding hydrogens is 220 g/mol. The monoisotopic (exact) mass is 242 g/mol. The zero-order chi connectivity index (χ0) is 12.3. The van der Waals surface area contributed by atoms with Crippen LogP contribution in [0.2, 0.25) is 0 Å². The van der Waals surface area contributed by atoms with Gasteiger partial charge < -0.3 is 19.7 Å². The maximum Gasteiger partial charge on any atom is 0.227 e. The maximum atomic E-state index is 12.2. The van der Waals surface area contributed by atoms with Crippen LogP contribution in [0.3, 0.4) is 0 Å². The smallest absolute Gasteiger partial charge is 0.227 e. The number of hydrogen-bond acceptors (Lipinski definition) is 4. The first kappa shape index (κ1) is 12.8. The fraction of sp³-hybridized carbons (Fsp3) is 0.917. The summed E-state index contributed by atoms with van der Waals surface area (Å²) in [5.41, 5.74) is 0. The lowest BCUT2D eigenvalue weighted by atomic mass is 10.1. The van der Waals surface area contributed by atoms with Crippen molar-refractivity contribution in [2.75, 3.05) is 39.9 Å². The summed E-state index contributed by atoms with van der Waals surface area (Å²) in [6.07, 6.45) is 1.00. The second-order valence-electron chi connectivity index (χ2n) is 4.70. The van der Waals surface area contributed by atoms with Crippen LogP contribution in [0.25, 0.3) is 0 Å². The number of carbonyl (C=O) groups is 1. The summed E-state index contributed by atoms with van der Waals surface area (Å²) in [4.78, 5) is 14.1. The van der Waals surface area contributed by atoms with E-state index >= 15 is 0 Å². The van der Waals surface area contributed by atoms with Crippen molar-refractivity contribution in [1.29, 1.82) is 0 Å². The van der Waals surface area contributed by atoms with Crippen LogP contribution in [0.1, 0.15) is 13.3 Å². The van der Waals surface area contributed by atoms with Crippen LogP contribution in [-0.2, 0) is 14.3 Å². The fourth-order valence-corrected chi connectivity index (χ4v) is 2.65. The molecule has 2 saturated heterocycles. The molecule has 0 unspecified atom stereocenters. The molecule has 98 valence electrons. The third kappa shape index (κ3) is 2.78. The van der Waals surface area contributed by atoms with Crippen molar-refractivity contribution in [1.82, 2.24) is 10.2 Å². The van der Waals surface area contributed by atoms with E-state index in [4.69, 9.17) is 9.47 Å². The molecule has 0 aromatic heterocycles. The number of rotatable bonds is 4. The summed E-state index contributed by atoms with van der Waals surface area (Å²) in [5, 5.41) is 3.23. The van der Waals surface area contributed by atoms with Gasteiger partial charge in [-0.25, -0.2) is 0 Å². The van der Waals surface area contributed by atoms with Gasteiger partial charge in [0.05, 0.1) is 5.92 Å². The third-order valence-electron chi connectivity index (χ3n) is 3.62. The van der Waals surface area contributed by atoms with Gasteiger partial charge in [0.1, 0.15) is 12.2 Å². The van der Waals surface area contributed by atoms with E-state index in [1.807, 2.05) is 11.8 Å². The van der Waals surface area contributed by atoms with Gasteiger partial charge in [0.25, 0.3) is 0 Å². The van der Waals surface area contributed by atoms with Gasteiger partial charge in [-0.1, -0.05) is 0 Å². The number of carbonyl (C=O) groups excluding carboxylic acids is 1. The molecule has 0 spiro atoms. The van der Waals surface area contributed by atoms with Crippen LogP contribution in [0.15, 0.2) is 0 Å². The van der Waals surface area contributed by atoms with Gasteiger partial charge in [0.2, 0.25) is 5.91 Å². The van der Waals surface area contributed by atoms with Crippen molar-refractivity contribution in [3.63, 3.8) is 0 Å². The van der Waals surface area contributed by atoms with Crippen LogP contribution < -0.4 is 5.32 Å². The van der Waals surface area contributed by atoms with Gasteiger partial charge in [-0.3, -0.25) is 4.79 Å². The molecule has 2 aliphatic heterocycles. The zero-order valence-corrected chi connectivity index (χ0v) is 10.6. The SMILES string of the molecule is CCO[C@@H]1CN(C(=O)[C@@H]2CCNC2)C[C@@H]1OC. The van der Waals surface area contributed by atoms with E-state index in [0.717, 1.165) is 19.5 Å². The molecule has 3 atom stereocenters. The molecule has 5 heteroatoms. The topological polar surface area (TPSA) is 50.8 Å². The number of hydrogen-bond donors (Lipinski definition) is 1. The molecule has 2 rings (SSSR count). The van der Waals surface area contributed by atoms with Crippen molar-refractivity contribution in [3.05, 3.63) is 0 Å². The van der Waals surface area contributed by atoms with Crippen LogP contribution in [-0.4, -0.2) is 62.9 Å². The van der Waals surface area contributed by atoms with Crippen LogP contribution >= 0.6 is 0 Å². The van der Waals surface area contributed by atoms with Crippen LogP contribution in [0.5, 0.6) is 0 Å². The summed E-state index contributed by atoms with van der Waals surface area (Å²) in [6, 6.07) is 0. The van der Waals surface area contributed by atoms with E-state index in [1.165, 1.54) is 0 Å². The first-order chi connectivity index (χ1) is 8.26. The Morgan fingerprint density at radius 3 is 2.76 bits per heavy atom. The highest BCUT2D eigenvalue weighted by atomic mass is 16.5. The van der Waals surface area contributed by atoms with Gasteiger partial charge in [-0.2, -0.15) is 0 Å². The normalized spacial score (nSPS) is 33.3. The Balaban J connectivity index is 1.91. The lowest BCUT2D eigenvalue weighted by molar-refractivity contribution is -0.134. The van der Waals surface area contributed by atoms with E-state index < -0.39 is 0 Å². The lowest BCUT2D eigenvalue weighted by Gasteiger charge is -2.19. The highest BCUT2D eigenvalue weighted by Crippen LogP contribution is 2.20. The van der Waals surface area contributed by atoms with Crippen LogP contribution in [0.4, 0.5) is 0 Å². The molecule has 0 aliphatic carbocycles. The average molecular weight is 242 g/mol. The van der Waals surface area contributed by atoms with Crippen molar-refractivity contribution in [3.8, 4) is 0 Å². The molecule has 0 aromatic rings. The number of amides is 1. The molecule has 0 bridgehead atoms. The highest BCUT2D eigenvalue weighted by Gasteiger charge is 2.38. The Morgan fingerprint density at radius 1 is 1.41 bits per heavy atom. The minimum atomic E-state index is 0.0215.